The molecule has 4 heterocycles. The lowest BCUT2D eigenvalue weighted by Crippen LogP contribution is -2.52. The van der Waals surface area contributed by atoms with Gasteiger partial charge in [0.15, 0.2) is 41.6 Å². The summed E-state index contributed by atoms with van der Waals surface area (Å²) in [6, 6.07) is 3.71. The highest BCUT2D eigenvalue weighted by Gasteiger charge is 2.54. The number of fused-ring (bicyclic) bond motifs is 1. The number of aliphatic hydroxyl groups excluding tert-OH is 2. The molecule has 15 nitrogen and oxygen atoms in total. The molecule has 0 radical (unpaired) electrons. The quantitative estimate of drug-likeness (QED) is 0.243. The van der Waals surface area contributed by atoms with Gasteiger partial charge in [0.25, 0.3) is 11.5 Å². The van der Waals surface area contributed by atoms with Crippen LogP contribution in [0.1, 0.15) is 20.1 Å². The third kappa shape index (κ3) is 6.08. The van der Waals surface area contributed by atoms with Crippen LogP contribution in [0.15, 0.2) is 51.9 Å². The lowest BCUT2D eigenvalue weighted by Gasteiger charge is -2.34. The van der Waals surface area contributed by atoms with Gasteiger partial charge in [-0.25, -0.2) is 13.6 Å². The molecular weight excluding hydrogens is 582 g/mol. The fourth-order valence-electron chi connectivity index (χ4n) is 5.10. The van der Waals surface area contributed by atoms with Gasteiger partial charge in [0, 0.05) is 29.9 Å². The fraction of sp³-hybridized carbons (Fsp3) is 0.462. The molecule has 0 saturated carbocycles. The van der Waals surface area contributed by atoms with E-state index in [4.69, 9.17) is 29.4 Å². The Morgan fingerprint density at radius 3 is 2.60 bits per heavy atom. The third-order valence-corrected chi connectivity index (χ3v) is 7.04. The second-order valence-corrected chi connectivity index (χ2v) is 10.5. The predicted octanol–water partition coefficient (Wildman–Crippen LogP) is -1.05. The number of aromatic amines is 1. The van der Waals surface area contributed by atoms with E-state index in [-0.39, 0.29) is 11.4 Å². The second kappa shape index (κ2) is 11.6. The second-order valence-electron chi connectivity index (χ2n) is 10.5. The summed E-state index contributed by atoms with van der Waals surface area (Å²) in [7, 11) is 0. The van der Waals surface area contributed by atoms with Crippen molar-refractivity contribution in [2.24, 2.45) is 11.7 Å². The Balaban J connectivity index is 1.41. The van der Waals surface area contributed by atoms with Gasteiger partial charge in [-0.15, -0.1) is 0 Å². The number of aromatic nitrogens is 2. The molecule has 0 unspecified atom stereocenters. The molecule has 2 aromatic rings. The van der Waals surface area contributed by atoms with Crippen molar-refractivity contribution < 1.29 is 52.3 Å². The average Bonchev–Trinajstić information content (AvgIpc) is 3.43. The van der Waals surface area contributed by atoms with Crippen molar-refractivity contribution in [2.75, 3.05) is 11.9 Å². The van der Waals surface area contributed by atoms with E-state index in [1.54, 1.807) is 13.8 Å². The molecule has 2 fully saturated rings. The lowest BCUT2D eigenvalue weighted by atomic mass is 9.94. The van der Waals surface area contributed by atoms with Gasteiger partial charge in [0.2, 0.25) is 12.2 Å². The van der Waals surface area contributed by atoms with Crippen molar-refractivity contribution in [1.29, 1.82) is 0 Å². The standard InChI is InChI=1S/C26H28F2N4O11/c1-26(2)42-14-8-15(22(37)30-10-3-4-12(27)13(28)7-10)39-24(19(14)43-26)41-20(21(29)36)18-11(9-33)17(35)23(40-18)32-6-5-16(34)31-25(32)38/h3-8,11,14,17-20,23-24,33,35H,9H2,1-2H3,(H2,29,36)(H,30,37)(H,31,34,38)/t11-,14-,17+,18-,19-,20+,23+,24+/m0/s1. The SMILES string of the molecule is CC1(C)O[C@@H]2[C@@H](O[C@@H](C(N)=O)[C@H]3O[C@@H](n4ccc(=O)[nH]c4=O)[C@H](O)[C@@H]3CO)OC(C(=O)Nc3ccc(F)c(F)c3)=C[C@@H]2O1. The van der Waals surface area contributed by atoms with Gasteiger partial charge in [0.05, 0.1) is 6.61 Å². The van der Waals surface area contributed by atoms with E-state index in [2.05, 4.69) is 5.32 Å². The average molecular weight is 611 g/mol. The highest BCUT2D eigenvalue weighted by atomic mass is 19.2. The first-order valence-electron chi connectivity index (χ1n) is 13.0. The van der Waals surface area contributed by atoms with Gasteiger partial charge >= 0.3 is 5.69 Å². The minimum atomic E-state index is -1.75. The zero-order chi connectivity index (χ0) is 31.2. The zero-order valence-electron chi connectivity index (χ0n) is 22.6. The largest absolute Gasteiger partial charge is 0.456 e. The molecule has 1 aromatic heterocycles. The first-order valence-corrected chi connectivity index (χ1v) is 13.0. The van der Waals surface area contributed by atoms with Crippen LogP contribution >= 0.6 is 0 Å². The van der Waals surface area contributed by atoms with Crippen molar-refractivity contribution in [1.82, 2.24) is 9.55 Å². The summed E-state index contributed by atoms with van der Waals surface area (Å²) >= 11 is 0. The van der Waals surface area contributed by atoms with Gasteiger partial charge in [-0.05, 0) is 32.1 Å². The van der Waals surface area contributed by atoms with Crippen LogP contribution in [0.4, 0.5) is 14.5 Å². The van der Waals surface area contributed by atoms with Gasteiger partial charge in [-0.2, -0.15) is 0 Å². The number of carbonyl (C=O) groups is 2. The Hall–Kier alpha value is -4.00. The molecule has 43 heavy (non-hydrogen) atoms. The smallest absolute Gasteiger partial charge is 0.330 e. The van der Waals surface area contributed by atoms with Crippen molar-refractivity contribution in [3.05, 3.63) is 74.8 Å². The number of halogens is 2. The molecular formula is C26H28F2N4O11. The highest BCUT2D eigenvalue weighted by molar-refractivity contribution is 6.02. The number of nitrogens with zero attached hydrogens (tertiary/aromatic N) is 1. The number of benzene rings is 1. The zero-order valence-corrected chi connectivity index (χ0v) is 22.6. The Kier molecular flexibility index (Phi) is 8.21. The number of carbonyl (C=O) groups excluding carboxylic acids is 2. The number of nitrogens with one attached hydrogen (secondary N) is 2. The number of anilines is 1. The Morgan fingerprint density at radius 2 is 1.95 bits per heavy atom. The van der Waals surface area contributed by atoms with E-state index in [1.165, 1.54) is 6.08 Å². The predicted molar refractivity (Wildman–Crippen MR) is 138 cm³/mol. The van der Waals surface area contributed by atoms with Crippen LogP contribution in [0, 0.1) is 17.6 Å². The van der Waals surface area contributed by atoms with E-state index in [0.717, 1.165) is 35.0 Å². The molecule has 232 valence electrons. The Morgan fingerprint density at radius 1 is 1.21 bits per heavy atom. The van der Waals surface area contributed by atoms with Crippen LogP contribution < -0.4 is 22.3 Å². The minimum Gasteiger partial charge on any atom is -0.456 e. The number of primary amides is 1. The lowest BCUT2D eigenvalue weighted by molar-refractivity contribution is -0.239. The van der Waals surface area contributed by atoms with E-state index in [1.807, 2.05) is 4.98 Å². The number of amides is 2. The number of aliphatic hydroxyl groups is 2. The molecule has 0 spiro atoms. The van der Waals surface area contributed by atoms with Gasteiger partial charge in [-0.3, -0.25) is 23.9 Å². The maximum absolute atomic E-state index is 13.7. The number of H-pyrrole nitrogens is 1. The summed E-state index contributed by atoms with van der Waals surface area (Å²) in [5.74, 6) is -7.14. The van der Waals surface area contributed by atoms with Crippen LogP contribution in [0.5, 0.6) is 0 Å². The van der Waals surface area contributed by atoms with Gasteiger partial charge in [0.1, 0.15) is 18.3 Å². The molecule has 3 aliphatic heterocycles. The normalized spacial score (nSPS) is 30.2. The number of hydrogen-bond donors (Lipinski definition) is 5. The first-order chi connectivity index (χ1) is 20.3. The van der Waals surface area contributed by atoms with Gasteiger partial charge < -0.3 is 44.9 Å². The molecule has 6 N–H and O–H groups in total. The van der Waals surface area contributed by atoms with E-state index in [0.29, 0.717) is 0 Å². The number of rotatable bonds is 8. The molecule has 0 bridgehead atoms. The maximum Gasteiger partial charge on any atom is 0.330 e. The van der Waals surface area contributed by atoms with Crippen molar-refractivity contribution in [2.45, 2.75) is 62.7 Å². The third-order valence-electron chi connectivity index (χ3n) is 7.04. The Bertz CT molecular complexity index is 1560. The molecule has 1 aromatic carbocycles. The minimum absolute atomic E-state index is 0.0883. The molecule has 0 aliphatic carbocycles. The molecule has 5 rings (SSSR count). The number of nitrogens with two attached hydrogens (primary N) is 1. The summed E-state index contributed by atoms with van der Waals surface area (Å²) in [6.07, 6.45) is -7.46. The Labute approximate surface area is 240 Å². The van der Waals surface area contributed by atoms with Crippen molar-refractivity contribution >= 4 is 17.5 Å². The van der Waals surface area contributed by atoms with E-state index in [9.17, 15) is 38.2 Å². The van der Waals surface area contributed by atoms with E-state index < -0.39 is 96.0 Å². The summed E-state index contributed by atoms with van der Waals surface area (Å²) in [5.41, 5.74) is 3.91. The number of hydrogen-bond acceptors (Lipinski definition) is 11. The fourth-order valence-corrected chi connectivity index (χ4v) is 5.10. The van der Waals surface area contributed by atoms with Crippen LogP contribution in [0.25, 0.3) is 0 Å². The first kappa shape index (κ1) is 30.5. The summed E-state index contributed by atoms with van der Waals surface area (Å²) in [5, 5.41) is 23.3. The highest BCUT2D eigenvalue weighted by Crippen LogP contribution is 2.40. The van der Waals surface area contributed by atoms with Crippen LogP contribution in [0.3, 0.4) is 0 Å². The maximum atomic E-state index is 13.7. The number of ether oxygens (including phenoxy) is 5. The molecule has 3 aliphatic rings. The molecule has 8 atom stereocenters. The monoisotopic (exact) mass is 610 g/mol. The van der Waals surface area contributed by atoms with Crippen molar-refractivity contribution in [3.8, 4) is 0 Å². The van der Waals surface area contributed by atoms with E-state index >= 15 is 0 Å². The van der Waals surface area contributed by atoms with Crippen LogP contribution in [-0.4, -0.2) is 80.8 Å². The summed E-state index contributed by atoms with van der Waals surface area (Å²) in [4.78, 5) is 51.5. The van der Waals surface area contributed by atoms with Gasteiger partial charge in [-0.1, -0.05) is 0 Å². The van der Waals surface area contributed by atoms with Crippen molar-refractivity contribution in [3.63, 3.8) is 0 Å². The summed E-state index contributed by atoms with van der Waals surface area (Å²) in [6.45, 7) is 2.42. The molecule has 2 saturated heterocycles. The molecule has 17 heteroatoms. The van der Waals surface area contributed by atoms with Crippen LogP contribution in [-0.2, 0) is 33.3 Å². The molecule has 2 amide bonds. The van der Waals surface area contributed by atoms with Crippen LogP contribution in [0.2, 0.25) is 0 Å². The topological polar surface area (TPSA) is 214 Å². The summed E-state index contributed by atoms with van der Waals surface area (Å²) < 4.78 is 57.0.